The standard InChI is InChI=1S/C19H29NO3/c21-18(16-3-1-2-4-16)20-9-7-19(8-10-20)11-17(23-14-19)13-22-12-15-5-6-15/h3,15,17H,1-2,4-14H2. The molecule has 0 aromatic heterocycles. The Balaban J connectivity index is 1.23. The maximum Gasteiger partial charge on any atom is 0.249 e. The van der Waals surface area contributed by atoms with E-state index in [1.54, 1.807) is 0 Å². The number of nitrogens with zero attached hydrogens (tertiary/aromatic N) is 1. The van der Waals surface area contributed by atoms with Gasteiger partial charge in [-0.15, -0.1) is 0 Å². The van der Waals surface area contributed by atoms with Gasteiger partial charge in [0.15, 0.2) is 0 Å². The highest BCUT2D eigenvalue weighted by Gasteiger charge is 2.43. The molecule has 2 saturated heterocycles. The molecule has 1 atom stereocenters. The molecule has 3 fully saturated rings. The van der Waals surface area contributed by atoms with Gasteiger partial charge in [0.05, 0.1) is 19.3 Å². The van der Waals surface area contributed by atoms with Crippen molar-refractivity contribution in [2.24, 2.45) is 11.3 Å². The Hall–Kier alpha value is -0.870. The molecule has 0 bridgehead atoms. The van der Waals surface area contributed by atoms with Crippen LogP contribution in [0.15, 0.2) is 11.6 Å². The zero-order valence-electron chi connectivity index (χ0n) is 14.1. The monoisotopic (exact) mass is 319 g/mol. The summed E-state index contributed by atoms with van der Waals surface area (Å²) in [6.45, 7) is 4.33. The lowest BCUT2D eigenvalue weighted by Crippen LogP contribution is -2.44. The molecule has 128 valence electrons. The van der Waals surface area contributed by atoms with E-state index >= 15 is 0 Å². The predicted molar refractivity (Wildman–Crippen MR) is 88.1 cm³/mol. The van der Waals surface area contributed by atoms with E-state index in [1.807, 2.05) is 0 Å². The van der Waals surface area contributed by atoms with Gasteiger partial charge in [0.2, 0.25) is 5.91 Å². The maximum atomic E-state index is 12.5. The van der Waals surface area contributed by atoms with Crippen molar-refractivity contribution < 1.29 is 14.3 Å². The van der Waals surface area contributed by atoms with Crippen LogP contribution in [0.3, 0.4) is 0 Å². The fourth-order valence-electron chi connectivity index (χ4n) is 4.25. The van der Waals surface area contributed by atoms with Crippen LogP contribution in [0.1, 0.15) is 51.4 Å². The maximum absolute atomic E-state index is 12.5. The van der Waals surface area contributed by atoms with Crippen LogP contribution in [0, 0.1) is 11.3 Å². The highest BCUT2D eigenvalue weighted by molar-refractivity contribution is 5.93. The minimum atomic E-state index is 0.272. The number of amides is 1. The van der Waals surface area contributed by atoms with Crippen molar-refractivity contribution in [2.45, 2.75) is 57.5 Å². The van der Waals surface area contributed by atoms with Crippen molar-refractivity contribution >= 4 is 5.91 Å². The molecule has 23 heavy (non-hydrogen) atoms. The van der Waals surface area contributed by atoms with Gasteiger partial charge >= 0.3 is 0 Å². The molecule has 1 spiro atoms. The lowest BCUT2D eigenvalue weighted by Gasteiger charge is -2.38. The van der Waals surface area contributed by atoms with Crippen molar-refractivity contribution in [3.05, 3.63) is 11.6 Å². The quantitative estimate of drug-likeness (QED) is 0.782. The van der Waals surface area contributed by atoms with Crippen molar-refractivity contribution in [3.63, 3.8) is 0 Å². The number of piperidine rings is 1. The third-order valence-corrected chi connectivity index (χ3v) is 6.07. The van der Waals surface area contributed by atoms with Gasteiger partial charge in [0, 0.05) is 25.3 Å². The van der Waals surface area contributed by atoms with Gasteiger partial charge in [0.1, 0.15) is 0 Å². The largest absolute Gasteiger partial charge is 0.378 e. The number of hydrogen-bond acceptors (Lipinski definition) is 3. The number of hydrogen-bond donors (Lipinski definition) is 0. The molecule has 1 amide bonds. The fraction of sp³-hybridized carbons (Fsp3) is 0.842. The molecule has 4 rings (SSSR count). The van der Waals surface area contributed by atoms with Gasteiger partial charge in [-0.2, -0.15) is 0 Å². The third-order valence-electron chi connectivity index (χ3n) is 6.07. The number of carbonyl (C=O) groups is 1. The van der Waals surface area contributed by atoms with E-state index < -0.39 is 0 Å². The highest BCUT2D eigenvalue weighted by Crippen LogP contribution is 2.42. The van der Waals surface area contributed by atoms with Crippen LogP contribution >= 0.6 is 0 Å². The van der Waals surface area contributed by atoms with Crippen molar-refractivity contribution in [1.29, 1.82) is 0 Å². The third kappa shape index (κ3) is 3.63. The first-order valence-electron chi connectivity index (χ1n) is 9.42. The van der Waals surface area contributed by atoms with Gasteiger partial charge in [-0.1, -0.05) is 6.08 Å². The lowest BCUT2D eigenvalue weighted by atomic mass is 9.76. The summed E-state index contributed by atoms with van der Waals surface area (Å²) >= 11 is 0. The first kappa shape index (κ1) is 15.6. The van der Waals surface area contributed by atoms with Crippen LogP contribution in [0.2, 0.25) is 0 Å². The number of rotatable bonds is 5. The highest BCUT2D eigenvalue weighted by atomic mass is 16.5. The minimum absolute atomic E-state index is 0.272. The van der Waals surface area contributed by atoms with Crippen LogP contribution in [0.25, 0.3) is 0 Å². The Labute approximate surface area is 139 Å². The number of carbonyl (C=O) groups excluding carboxylic acids is 1. The fourth-order valence-corrected chi connectivity index (χ4v) is 4.25. The van der Waals surface area contributed by atoms with Crippen molar-refractivity contribution in [2.75, 3.05) is 32.9 Å². The average Bonchev–Trinajstić information content (AvgIpc) is 3.08. The second-order valence-corrected chi connectivity index (χ2v) is 8.03. The van der Waals surface area contributed by atoms with Crippen LogP contribution in [0.4, 0.5) is 0 Å². The molecule has 0 N–H and O–H groups in total. The topological polar surface area (TPSA) is 38.8 Å². The van der Waals surface area contributed by atoms with E-state index in [0.717, 1.165) is 82.9 Å². The summed E-state index contributed by atoms with van der Waals surface area (Å²) in [5, 5.41) is 0. The molecule has 4 heteroatoms. The average molecular weight is 319 g/mol. The molecular weight excluding hydrogens is 290 g/mol. The second kappa shape index (κ2) is 6.56. The summed E-state index contributed by atoms with van der Waals surface area (Å²) in [6.07, 6.45) is 11.6. The first-order valence-corrected chi connectivity index (χ1v) is 9.42. The van der Waals surface area contributed by atoms with E-state index in [9.17, 15) is 4.79 Å². The summed E-state index contributed by atoms with van der Waals surface area (Å²) in [5.74, 6) is 1.12. The van der Waals surface area contributed by atoms with Crippen molar-refractivity contribution in [3.8, 4) is 0 Å². The number of likely N-dealkylation sites (tertiary alicyclic amines) is 1. The minimum Gasteiger partial charge on any atom is -0.378 e. The summed E-state index contributed by atoms with van der Waals surface area (Å²) in [4.78, 5) is 14.6. The van der Waals surface area contributed by atoms with Crippen molar-refractivity contribution in [1.82, 2.24) is 4.90 Å². The van der Waals surface area contributed by atoms with E-state index in [1.165, 1.54) is 12.8 Å². The molecule has 0 radical (unpaired) electrons. The van der Waals surface area contributed by atoms with Gasteiger partial charge in [-0.3, -0.25) is 4.79 Å². The number of allylic oxidation sites excluding steroid dienone is 1. The molecule has 2 aliphatic heterocycles. The van der Waals surface area contributed by atoms with Crippen LogP contribution < -0.4 is 0 Å². The normalized spacial score (nSPS) is 30.0. The smallest absolute Gasteiger partial charge is 0.249 e. The van der Waals surface area contributed by atoms with E-state index in [4.69, 9.17) is 9.47 Å². The van der Waals surface area contributed by atoms with E-state index in [-0.39, 0.29) is 6.10 Å². The van der Waals surface area contributed by atoms with Gasteiger partial charge < -0.3 is 14.4 Å². The number of ether oxygens (including phenoxy) is 2. The molecule has 1 unspecified atom stereocenters. The van der Waals surface area contributed by atoms with E-state index in [2.05, 4.69) is 11.0 Å². The Bertz CT molecular complexity index is 475. The predicted octanol–water partition coefficient (Wildman–Crippen LogP) is 2.92. The molecule has 2 aliphatic carbocycles. The lowest BCUT2D eigenvalue weighted by molar-refractivity contribution is -0.129. The Morgan fingerprint density at radius 3 is 2.83 bits per heavy atom. The Morgan fingerprint density at radius 2 is 2.13 bits per heavy atom. The van der Waals surface area contributed by atoms with Crippen LogP contribution in [-0.4, -0.2) is 49.8 Å². The van der Waals surface area contributed by atoms with Gasteiger partial charge in [-0.05, 0) is 62.7 Å². The zero-order chi connectivity index (χ0) is 15.7. The summed E-state index contributed by atoms with van der Waals surface area (Å²) < 4.78 is 11.8. The molecule has 1 saturated carbocycles. The van der Waals surface area contributed by atoms with Crippen LogP contribution in [0.5, 0.6) is 0 Å². The molecular formula is C19H29NO3. The molecule has 0 aromatic carbocycles. The van der Waals surface area contributed by atoms with Gasteiger partial charge in [0.25, 0.3) is 0 Å². The first-order chi connectivity index (χ1) is 11.2. The summed E-state index contributed by atoms with van der Waals surface area (Å²) in [5.41, 5.74) is 1.35. The molecule has 4 aliphatic rings. The molecule has 2 heterocycles. The Kier molecular flexibility index (Phi) is 4.46. The molecule has 4 nitrogen and oxygen atoms in total. The Morgan fingerprint density at radius 1 is 1.30 bits per heavy atom. The summed E-state index contributed by atoms with van der Waals surface area (Å²) in [7, 11) is 0. The summed E-state index contributed by atoms with van der Waals surface area (Å²) in [6, 6.07) is 0. The van der Waals surface area contributed by atoms with Gasteiger partial charge in [-0.25, -0.2) is 0 Å². The SMILES string of the molecule is O=C(C1=CCCC1)N1CCC2(CC1)COC(COCC1CC1)C2. The second-order valence-electron chi connectivity index (χ2n) is 8.03. The molecule has 0 aromatic rings. The zero-order valence-corrected chi connectivity index (χ0v) is 14.1. The van der Waals surface area contributed by atoms with Crippen LogP contribution in [-0.2, 0) is 14.3 Å². The van der Waals surface area contributed by atoms with E-state index in [0.29, 0.717) is 11.3 Å².